The van der Waals surface area contributed by atoms with Crippen molar-refractivity contribution in [2.75, 3.05) is 20.3 Å². The van der Waals surface area contributed by atoms with Gasteiger partial charge in [-0.1, -0.05) is 6.07 Å². The van der Waals surface area contributed by atoms with Crippen molar-refractivity contribution in [1.82, 2.24) is 4.90 Å². The fraction of sp³-hybridized carbons (Fsp3) is 0.500. The predicted molar refractivity (Wildman–Crippen MR) is 78.1 cm³/mol. The summed E-state index contributed by atoms with van der Waals surface area (Å²) < 4.78 is 10.8. The molecule has 2 atom stereocenters. The fourth-order valence-electron chi connectivity index (χ4n) is 3.16. The van der Waals surface area contributed by atoms with Gasteiger partial charge in [-0.05, 0) is 30.9 Å². The molecule has 0 bridgehead atoms. The Morgan fingerprint density at radius 3 is 2.95 bits per heavy atom. The second-order valence-electron chi connectivity index (χ2n) is 5.71. The largest absolute Gasteiger partial charge is 0.497 e. The van der Waals surface area contributed by atoms with Crippen molar-refractivity contribution in [1.29, 1.82) is 0 Å². The van der Waals surface area contributed by atoms with E-state index in [1.54, 1.807) is 7.11 Å². The van der Waals surface area contributed by atoms with Crippen LogP contribution < -0.4 is 9.47 Å². The van der Waals surface area contributed by atoms with Crippen molar-refractivity contribution >= 4 is 11.9 Å². The number of hydrogen-bond acceptors (Lipinski definition) is 4. The maximum Gasteiger partial charge on any atom is 0.326 e. The van der Waals surface area contributed by atoms with Crippen LogP contribution in [0.2, 0.25) is 0 Å². The third-order valence-corrected chi connectivity index (χ3v) is 4.35. The molecule has 2 heterocycles. The lowest BCUT2D eigenvalue weighted by molar-refractivity contribution is -0.150. The molecule has 118 valence electrons. The van der Waals surface area contributed by atoms with Crippen LogP contribution in [0.3, 0.4) is 0 Å². The quantitative estimate of drug-likeness (QED) is 0.911. The highest BCUT2D eigenvalue weighted by Gasteiger charge is 2.38. The Kier molecular flexibility index (Phi) is 3.92. The third kappa shape index (κ3) is 2.61. The van der Waals surface area contributed by atoms with E-state index in [0.29, 0.717) is 25.1 Å². The molecule has 22 heavy (non-hydrogen) atoms. The Balaban J connectivity index is 1.74. The maximum absolute atomic E-state index is 12.6. The molecule has 6 heteroatoms. The zero-order chi connectivity index (χ0) is 15.7. The minimum Gasteiger partial charge on any atom is -0.497 e. The Morgan fingerprint density at radius 2 is 2.23 bits per heavy atom. The number of carboxylic acids is 1. The predicted octanol–water partition coefficient (Wildman–Crippen LogP) is 1.32. The normalized spacial score (nSPS) is 23.6. The molecule has 0 aliphatic carbocycles. The second-order valence-corrected chi connectivity index (χ2v) is 5.71. The van der Waals surface area contributed by atoms with E-state index in [-0.39, 0.29) is 18.4 Å². The Morgan fingerprint density at radius 1 is 1.41 bits per heavy atom. The number of amides is 1. The summed E-state index contributed by atoms with van der Waals surface area (Å²) in [5.41, 5.74) is 0.955. The number of rotatable bonds is 3. The van der Waals surface area contributed by atoms with Crippen LogP contribution in [0, 0.1) is 5.92 Å². The SMILES string of the molecule is COc1ccc2c(c1)OCC(C(=O)N1CCCC1C(=O)O)C2. The number of methoxy groups -OCH3 is 1. The number of carbonyl (C=O) groups is 2. The zero-order valence-corrected chi connectivity index (χ0v) is 12.4. The lowest BCUT2D eigenvalue weighted by atomic mass is 9.95. The van der Waals surface area contributed by atoms with Crippen LogP contribution in [0.15, 0.2) is 18.2 Å². The minimum absolute atomic E-state index is 0.119. The molecule has 0 aromatic heterocycles. The molecule has 6 nitrogen and oxygen atoms in total. The van der Waals surface area contributed by atoms with Gasteiger partial charge in [-0.15, -0.1) is 0 Å². The molecule has 1 aromatic carbocycles. The van der Waals surface area contributed by atoms with E-state index in [4.69, 9.17) is 9.47 Å². The van der Waals surface area contributed by atoms with E-state index < -0.39 is 12.0 Å². The van der Waals surface area contributed by atoms with Crippen molar-refractivity contribution in [3.8, 4) is 11.5 Å². The first kappa shape index (κ1) is 14.7. The highest BCUT2D eigenvalue weighted by molar-refractivity contribution is 5.86. The number of nitrogens with zero attached hydrogens (tertiary/aromatic N) is 1. The lowest BCUT2D eigenvalue weighted by Crippen LogP contribution is -2.46. The van der Waals surface area contributed by atoms with Gasteiger partial charge in [-0.25, -0.2) is 4.79 Å². The number of likely N-dealkylation sites (tertiary alicyclic amines) is 1. The molecule has 1 N–H and O–H groups in total. The van der Waals surface area contributed by atoms with Crippen molar-refractivity contribution in [2.45, 2.75) is 25.3 Å². The molecule has 1 amide bonds. The molecule has 0 saturated carbocycles. The first-order valence-electron chi connectivity index (χ1n) is 7.43. The van der Waals surface area contributed by atoms with E-state index in [1.807, 2.05) is 18.2 Å². The molecule has 1 aromatic rings. The van der Waals surface area contributed by atoms with Crippen LogP contribution in [-0.4, -0.2) is 48.2 Å². The van der Waals surface area contributed by atoms with Gasteiger partial charge in [-0.2, -0.15) is 0 Å². The van der Waals surface area contributed by atoms with Crippen molar-refractivity contribution in [3.63, 3.8) is 0 Å². The van der Waals surface area contributed by atoms with Gasteiger partial charge in [0.15, 0.2) is 0 Å². The Labute approximate surface area is 128 Å². The summed E-state index contributed by atoms with van der Waals surface area (Å²) in [5, 5.41) is 9.21. The lowest BCUT2D eigenvalue weighted by Gasteiger charge is -2.30. The van der Waals surface area contributed by atoms with Gasteiger partial charge >= 0.3 is 5.97 Å². The topological polar surface area (TPSA) is 76.1 Å². The summed E-state index contributed by atoms with van der Waals surface area (Å²) in [5.74, 6) is 0.0912. The summed E-state index contributed by atoms with van der Waals surface area (Å²) in [6.45, 7) is 0.795. The van der Waals surface area contributed by atoms with E-state index in [1.165, 1.54) is 4.90 Å². The van der Waals surface area contributed by atoms with E-state index in [2.05, 4.69) is 0 Å². The molecule has 0 spiro atoms. The molecular formula is C16H19NO5. The van der Waals surface area contributed by atoms with Crippen LogP contribution in [0.5, 0.6) is 11.5 Å². The average Bonchev–Trinajstić information content (AvgIpc) is 3.03. The number of hydrogen-bond donors (Lipinski definition) is 1. The monoisotopic (exact) mass is 305 g/mol. The molecular weight excluding hydrogens is 286 g/mol. The molecule has 2 aliphatic heterocycles. The summed E-state index contributed by atoms with van der Waals surface area (Å²) in [6, 6.07) is 4.85. The molecule has 2 aliphatic rings. The fourth-order valence-corrected chi connectivity index (χ4v) is 3.16. The van der Waals surface area contributed by atoms with Crippen molar-refractivity contribution < 1.29 is 24.2 Å². The van der Waals surface area contributed by atoms with E-state index in [9.17, 15) is 14.7 Å². The zero-order valence-electron chi connectivity index (χ0n) is 12.4. The molecule has 2 unspecified atom stereocenters. The average molecular weight is 305 g/mol. The smallest absolute Gasteiger partial charge is 0.326 e. The first-order chi connectivity index (χ1) is 10.6. The van der Waals surface area contributed by atoms with Crippen LogP contribution in [0.25, 0.3) is 0 Å². The van der Waals surface area contributed by atoms with Gasteiger partial charge in [0.25, 0.3) is 0 Å². The van der Waals surface area contributed by atoms with Crippen molar-refractivity contribution in [3.05, 3.63) is 23.8 Å². The number of carboxylic acid groups (broad SMARTS) is 1. The first-order valence-corrected chi connectivity index (χ1v) is 7.43. The summed E-state index contributed by atoms with van der Waals surface area (Å²) in [6.07, 6.45) is 1.84. The maximum atomic E-state index is 12.6. The van der Waals surface area contributed by atoms with Crippen LogP contribution in [-0.2, 0) is 16.0 Å². The van der Waals surface area contributed by atoms with Crippen LogP contribution >= 0.6 is 0 Å². The number of carbonyl (C=O) groups excluding carboxylic acids is 1. The molecule has 3 rings (SSSR count). The summed E-state index contributed by atoms with van der Waals surface area (Å²) >= 11 is 0. The Bertz CT molecular complexity index is 600. The third-order valence-electron chi connectivity index (χ3n) is 4.35. The summed E-state index contributed by atoms with van der Waals surface area (Å²) in [4.78, 5) is 25.3. The standard InChI is InChI=1S/C16H19NO5/c1-21-12-5-4-10-7-11(9-22-14(10)8-12)15(18)17-6-2-3-13(17)16(19)20/h4-5,8,11,13H,2-3,6-7,9H2,1H3,(H,19,20). The molecule has 1 saturated heterocycles. The molecule has 1 fully saturated rings. The van der Waals surface area contributed by atoms with Gasteiger partial charge in [0.1, 0.15) is 24.1 Å². The number of ether oxygens (including phenoxy) is 2. The van der Waals surface area contributed by atoms with Crippen molar-refractivity contribution in [2.24, 2.45) is 5.92 Å². The van der Waals surface area contributed by atoms with Crippen LogP contribution in [0.4, 0.5) is 0 Å². The number of fused-ring (bicyclic) bond motifs is 1. The molecule has 0 radical (unpaired) electrons. The van der Waals surface area contributed by atoms with Gasteiger partial charge < -0.3 is 19.5 Å². The highest BCUT2D eigenvalue weighted by atomic mass is 16.5. The summed E-state index contributed by atoms with van der Waals surface area (Å²) in [7, 11) is 1.59. The van der Waals surface area contributed by atoms with E-state index >= 15 is 0 Å². The van der Waals surface area contributed by atoms with Gasteiger partial charge in [0.2, 0.25) is 5.91 Å². The van der Waals surface area contributed by atoms with Gasteiger partial charge in [0, 0.05) is 12.6 Å². The number of benzene rings is 1. The highest BCUT2D eigenvalue weighted by Crippen LogP contribution is 2.32. The van der Waals surface area contributed by atoms with Crippen LogP contribution in [0.1, 0.15) is 18.4 Å². The minimum atomic E-state index is -0.923. The number of aliphatic carboxylic acids is 1. The van der Waals surface area contributed by atoms with Gasteiger partial charge in [-0.3, -0.25) is 4.79 Å². The second kappa shape index (κ2) is 5.87. The van der Waals surface area contributed by atoms with Gasteiger partial charge in [0.05, 0.1) is 13.0 Å². The van der Waals surface area contributed by atoms with E-state index in [0.717, 1.165) is 17.7 Å². The Hall–Kier alpha value is -2.24.